The summed E-state index contributed by atoms with van der Waals surface area (Å²) in [5, 5.41) is 0. The van der Waals surface area contributed by atoms with Crippen LogP contribution in [0.1, 0.15) is 45.0 Å². The van der Waals surface area contributed by atoms with Crippen LogP contribution in [-0.4, -0.2) is 55.5 Å². The SMILES string of the molecule is CC(=O)c1cccc(S(=O)(=O)N2CCN(C(=O)C3C(C=C(C)C)C3(C)C)CC2)c1. The second-order valence-electron chi connectivity index (χ2n) is 8.88. The quantitative estimate of drug-likeness (QED) is 0.544. The molecule has 0 spiro atoms. The zero-order valence-electron chi connectivity index (χ0n) is 17.8. The van der Waals surface area contributed by atoms with Gasteiger partial charge in [0.1, 0.15) is 0 Å². The number of sulfonamides is 1. The highest BCUT2D eigenvalue weighted by molar-refractivity contribution is 7.89. The van der Waals surface area contributed by atoms with Gasteiger partial charge in [-0.3, -0.25) is 9.59 Å². The lowest BCUT2D eigenvalue weighted by atomic mass is 10.1. The number of rotatable bonds is 5. The van der Waals surface area contributed by atoms with Crippen molar-refractivity contribution in [3.05, 3.63) is 41.5 Å². The third-order valence-electron chi connectivity index (χ3n) is 6.12. The van der Waals surface area contributed by atoms with Gasteiger partial charge in [-0.15, -0.1) is 0 Å². The van der Waals surface area contributed by atoms with Crippen LogP contribution in [0.3, 0.4) is 0 Å². The molecule has 2 aliphatic rings. The van der Waals surface area contributed by atoms with E-state index in [1.165, 1.54) is 28.9 Å². The third kappa shape index (κ3) is 4.16. The van der Waals surface area contributed by atoms with Crippen LogP contribution in [0.25, 0.3) is 0 Å². The number of amides is 1. The molecule has 0 radical (unpaired) electrons. The molecule has 1 saturated carbocycles. The summed E-state index contributed by atoms with van der Waals surface area (Å²) >= 11 is 0. The summed E-state index contributed by atoms with van der Waals surface area (Å²) in [5.41, 5.74) is 1.54. The molecule has 2 unspecified atom stereocenters. The molecule has 0 bridgehead atoms. The molecule has 1 saturated heterocycles. The summed E-state index contributed by atoms with van der Waals surface area (Å²) < 4.78 is 27.3. The highest BCUT2D eigenvalue weighted by Crippen LogP contribution is 2.60. The molecule has 1 aromatic rings. The first-order chi connectivity index (χ1) is 13.5. The molecule has 7 heteroatoms. The van der Waals surface area contributed by atoms with E-state index in [9.17, 15) is 18.0 Å². The lowest BCUT2D eigenvalue weighted by molar-refractivity contribution is -0.134. The summed E-state index contributed by atoms with van der Waals surface area (Å²) in [7, 11) is -3.69. The molecule has 1 heterocycles. The Morgan fingerprint density at radius 3 is 2.24 bits per heavy atom. The van der Waals surface area contributed by atoms with Crippen molar-refractivity contribution in [2.24, 2.45) is 17.3 Å². The van der Waals surface area contributed by atoms with E-state index in [-0.39, 0.29) is 46.9 Å². The molecule has 1 amide bonds. The van der Waals surface area contributed by atoms with Crippen molar-refractivity contribution in [2.45, 2.75) is 39.5 Å². The van der Waals surface area contributed by atoms with Gasteiger partial charge in [0.15, 0.2) is 5.78 Å². The normalized spacial score (nSPS) is 24.1. The van der Waals surface area contributed by atoms with E-state index in [0.717, 1.165) is 0 Å². The smallest absolute Gasteiger partial charge is 0.243 e. The van der Waals surface area contributed by atoms with E-state index in [1.807, 2.05) is 13.8 Å². The molecule has 158 valence electrons. The average molecular weight is 419 g/mol. The number of Topliss-reactive ketones (excluding diaryl/α,β-unsaturated/α-hetero) is 1. The van der Waals surface area contributed by atoms with Gasteiger partial charge in [-0.1, -0.05) is 37.6 Å². The van der Waals surface area contributed by atoms with Crippen molar-refractivity contribution in [3.8, 4) is 0 Å². The van der Waals surface area contributed by atoms with Crippen LogP contribution >= 0.6 is 0 Å². The minimum absolute atomic E-state index is 0.0344. The maximum atomic E-state index is 13.0. The van der Waals surface area contributed by atoms with Gasteiger partial charge in [0, 0.05) is 31.7 Å². The third-order valence-corrected chi connectivity index (χ3v) is 8.01. The van der Waals surface area contributed by atoms with E-state index < -0.39 is 10.0 Å². The van der Waals surface area contributed by atoms with E-state index in [0.29, 0.717) is 18.7 Å². The highest BCUT2D eigenvalue weighted by Gasteiger charge is 2.61. The van der Waals surface area contributed by atoms with Crippen LogP contribution in [0.5, 0.6) is 0 Å². The number of benzene rings is 1. The van der Waals surface area contributed by atoms with E-state index in [2.05, 4.69) is 19.9 Å². The maximum Gasteiger partial charge on any atom is 0.243 e. The standard InChI is InChI=1S/C22H30N2O4S/c1-15(2)13-19-20(22(19,4)5)21(26)23-9-11-24(12-10-23)29(27,28)18-8-6-7-17(14-18)16(3)25/h6-8,13-14,19-20H,9-12H2,1-5H3. The number of hydrogen-bond donors (Lipinski definition) is 0. The molecule has 2 fully saturated rings. The molecule has 29 heavy (non-hydrogen) atoms. The van der Waals surface area contributed by atoms with Gasteiger partial charge in [0.05, 0.1) is 10.8 Å². The van der Waals surface area contributed by atoms with Gasteiger partial charge in [-0.05, 0) is 44.2 Å². The molecule has 1 aliphatic carbocycles. The second-order valence-corrected chi connectivity index (χ2v) is 10.8. The number of hydrogen-bond acceptors (Lipinski definition) is 4. The number of allylic oxidation sites excluding steroid dienone is 2. The summed E-state index contributed by atoms with van der Waals surface area (Å²) in [6.07, 6.45) is 2.17. The monoisotopic (exact) mass is 418 g/mol. The Morgan fingerprint density at radius 2 is 1.69 bits per heavy atom. The lowest BCUT2D eigenvalue weighted by Gasteiger charge is -2.34. The first-order valence-electron chi connectivity index (χ1n) is 10.0. The Bertz CT molecular complexity index is 953. The van der Waals surface area contributed by atoms with Gasteiger partial charge in [-0.2, -0.15) is 4.31 Å². The van der Waals surface area contributed by atoms with Crippen LogP contribution in [0, 0.1) is 17.3 Å². The Labute approximate surface area is 173 Å². The minimum Gasteiger partial charge on any atom is -0.340 e. The van der Waals surface area contributed by atoms with E-state index in [1.54, 1.807) is 17.0 Å². The van der Waals surface area contributed by atoms with Crippen LogP contribution in [0.15, 0.2) is 40.8 Å². The Hall–Kier alpha value is -1.99. The predicted molar refractivity (Wildman–Crippen MR) is 112 cm³/mol. The van der Waals surface area contributed by atoms with Gasteiger partial charge in [0.25, 0.3) is 0 Å². The Morgan fingerprint density at radius 1 is 1.07 bits per heavy atom. The van der Waals surface area contributed by atoms with Crippen molar-refractivity contribution in [2.75, 3.05) is 26.2 Å². The van der Waals surface area contributed by atoms with Crippen molar-refractivity contribution in [1.29, 1.82) is 0 Å². The van der Waals surface area contributed by atoms with E-state index >= 15 is 0 Å². The fourth-order valence-electron chi connectivity index (χ4n) is 4.19. The molecule has 6 nitrogen and oxygen atoms in total. The topological polar surface area (TPSA) is 74.8 Å². The summed E-state index contributed by atoms with van der Waals surface area (Å²) in [4.78, 5) is 26.5. The number of ketones is 1. The highest BCUT2D eigenvalue weighted by atomic mass is 32.2. The molecule has 0 N–H and O–H groups in total. The van der Waals surface area contributed by atoms with Crippen LogP contribution < -0.4 is 0 Å². The summed E-state index contributed by atoms with van der Waals surface area (Å²) in [6.45, 7) is 11.0. The van der Waals surface area contributed by atoms with Crippen molar-refractivity contribution < 1.29 is 18.0 Å². The zero-order valence-corrected chi connectivity index (χ0v) is 18.6. The minimum atomic E-state index is -3.69. The van der Waals surface area contributed by atoms with Gasteiger partial charge >= 0.3 is 0 Å². The number of carbonyl (C=O) groups excluding carboxylic acids is 2. The second kappa shape index (κ2) is 7.69. The lowest BCUT2D eigenvalue weighted by Crippen LogP contribution is -2.51. The fraction of sp³-hybridized carbons (Fsp3) is 0.545. The summed E-state index contributed by atoms with van der Waals surface area (Å²) in [5.74, 6) is 0.160. The van der Waals surface area contributed by atoms with Crippen LogP contribution in [0.4, 0.5) is 0 Å². The molecular weight excluding hydrogens is 388 g/mol. The molecule has 2 atom stereocenters. The first-order valence-corrected chi connectivity index (χ1v) is 11.4. The molecular formula is C22H30N2O4S. The molecule has 0 aromatic heterocycles. The van der Waals surface area contributed by atoms with E-state index in [4.69, 9.17) is 0 Å². The van der Waals surface area contributed by atoms with Gasteiger partial charge in [0.2, 0.25) is 15.9 Å². The predicted octanol–water partition coefficient (Wildman–Crippen LogP) is 2.96. The average Bonchev–Trinajstić information content (AvgIpc) is 3.20. The number of nitrogens with zero attached hydrogens (tertiary/aromatic N) is 2. The van der Waals surface area contributed by atoms with Crippen LogP contribution in [-0.2, 0) is 14.8 Å². The molecule has 3 rings (SSSR count). The maximum absolute atomic E-state index is 13.0. The van der Waals surface area contributed by atoms with Crippen molar-refractivity contribution in [3.63, 3.8) is 0 Å². The molecule has 1 aromatic carbocycles. The zero-order chi connectivity index (χ0) is 21.6. The summed E-state index contributed by atoms with van der Waals surface area (Å²) in [6, 6.07) is 6.13. The largest absolute Gasteiger partial charge is 0.340 e. The van der Waals surface area contributed by atoms with Crippen LogP contribution in [0.2, 0.25) is 0 Å². The van der Waals surface area contributed by atoms with Crippen molar-refractivity contribution >= 4 is 21.7 Å². The Balaban J connectivity index is 1.68. The number of piperazine rings is 1. The van der Waals surface area contributed by atoms with Gasteiger partial charge in [-0.25, -0.2) is 8.42 Å². The first kappa shape index (κ1) is 21.7. The fourth-order valence-corrected chi connectivity index (χ4v) is 5.66. The molecule has 1 aliphatic heterocycles. The Kier molecular flexibility index (Phi) is 5.75. The number of carbonyl (C=O) groups is 2. The van der Waals surface area contributed by atoms with Crippen molar-refractivity contribution in [1.82, 2.24) is 9.21 Å². The van der Waals surface area contributed by atoms with Gasteiger partial charge < -0.3 is 4.90 Å².